The third-order valence-corrected chi connectivity index (χ3v) is 4.08. The number of carbonyl (C=O) groups excluding carboxylic acids is 1. The predicted octanol–water partition coefficient (Wildman–Crippen LogP) is 2.41. The van der Waals surface area contributed by atoms with Crippen molar-refractivity contribution in [1.29, 1.82) is 0 Å². The van der Waals surface area contributed by atoms with Crippen molar-refractivity contribution < 1.29 is 9.53 Å². The lowest BCUT2D eigenvalue weighted by molar-refractivity contribution is 0.00631. The smallest absolute Gasteiger partial charge is 0.318 e. The Kier molecular flexibility index (Phi) is 3.62. The van der Waals surface area contributed by atoms with E-state index in [9.17, 15) is 4.79 Å². The summed E-state index contributed by atoms with van der Waals surface area (Å²) in [5, 5.41) is 3.69. The van der Waals surface area contributed by atoms with E-state index in [4.69, 9.17) is 16.3 Å². The second-order valence-corrected chi connectivity index (χ2v) is 5.55. The van der Waals surface area contributed by atoms with Crippen molar-refractivity contribution in [3.05, 3.63) is 34.9 Å². The second-order valence-electron chi connectivity index (χ2n) is 5.11. The van der Waals surface area contributed by atoms with Gasteiger partial charge < -0.3 is 15.0 Å². The Hall–Kier alpha value is -1.26. The number of amides is 2. The number of urea groups is 1. The zero-order valence-corrected chi connectivity index (χ0v) is 11.4. The van der Waals surface area contributed by atoms with Crippen molar-refractivity contribution in [3.8, 4) is 0 Å². The van der Waals surface area contributed by atoms with Gasteiger partial charge in [-0.2, -0.15) is 0 Å². The number of fused-ring (bicyclic) bond motifs is 2. The zero-order chi connectivity index (χ0) is 13.2. The largest absolute Gasteiger partial charge is 0.377 e. The van der Waals surface area contributed by atoms with E-state index >= 15 is 0 Å². The van der Waals surface area contributed by atoms with Crippen LogP contribution in [-0.4, -0.2) is 36.2 Å². The molecule has 0 aliphatic carbocycles. The fraction of sp³-hybridized carbons (Fsp3) is 0.500. The van der Waals surface area contributed by atoms with Gasteiger partial charge in [-0.05, 0) is 30.5 Å². The second kappa shape index (κ2) is 5.39. The van der Waals surface area contributed by atoms with Crippen LogP contribution in [0.3, 0.4) is 0 Å². The van der Waals surface area contributed by atoms with Crippen LogP contribution in [0.25, 0.3) is 0 Å². The lowest BCUT2D eigenvalue weighted by Gasteiger charge is -2.34. The summed E-state index contributed by atoms with van der Waals surface area (Å²) in [6, 6.07) is 8.05. The predicted molar refractivity (Wildman–Crippen MR) is 73.2 cm³/mol. The fourth-order valence-corrected chi connectivity index (χ4v) is 2.96. The number of hydrogen-bond acceptors (Lipinski definition) is 2. The molecule has 1 aromatic rings. The summed E-state index contributed by atoms with van der Waals surface area (Å²) in [6.07, 6.45) is 2.11. The van der Waals surface area contributed by atoms with Crippen molar-refractivity contribution in [1.82, 2.24) is 10.2 Å². The summed E-state index contributed by atoms with van der Waals surface area (Å²) < 4.78 is 5.48. The van der Waals surface area contributed by atoms with Crippen molar-refractivity contribution in [3.63, 3.8) is 0 Å². The molecule has 0 radical (unpaired) electrons. The number of hydrogen-bond donors (Lipinski definition) is 1. The number of carbonyl (C=O) groups is 1. The summed E-state index contributed by atoms with van der Waals surface area (Å²) in [5.41, 5.74) is 1.05. The third kappa shape index (κ3) is 2.69. The van der Waals surface area contributed by atoms with Crippen LogP contribution in [-0.2, 0) is 11.3 Å². The van der Waals surface area contributed by atoms with Gasteiger partial charge in [0.05, 0.1) is 25.3 Å². The molecule has 2 saturated heterocycles. The van der Waals surface area contributed by atoms with Gasteiger partial charge in [0.25, 0.3) is 0 Å². The van der Waals surface area contributed by atoms with E-state index in [2.05, 4.69) is 5.32 Å². The van der Waals surface area contributed by atoms with Crippen LogP contribution in [0.5, 0.6) is 0 Å². The van der Waals surface area contributed by atoms with E-state index in [1.807, 2.05) is 29.2 Å². The van der Waals surface area contributed by atoms with E-state index in [1.165, 1.54) is 0 Å². The molecule has 2 atom stereocenters. The molecular formula is C14H17ClN2O2. The molecule has 2 aliphatic rings. The molecule has 0 aromatic heterocycles. The van der Waals surface area contributed by atoms with E-state index < -0.39 is 0 Å². The minimum absolute atomic E-state index is 0.0192. The number of rotatable bonds is 2. The van der Waals surface area contributed by atoms with Gasteiger partial charge in [0.1, 0.15) is 0 Å². The molecule has 3 rings (SSSR count). The lowest BCUT2D eigenvalue weighted by atomic mass is 10.2. The maximum absolute atomic E-state index is 12.2. The van der Waals surface area contributed by atoms with Crippen LogP contribution < -0.4 is 5.32 Å². The maximum Gasteiger partial charge on any atom is 0.318 e. The molecule has 0 saturated carbocycles. The van der Waals surface area contributed by atoms with Gasteiger partial charge in [0.2, 0.25) is 0 Å². The molecule has 0 spiro atoms. The molecule has 2 amide bonds. The minimum Gasteiger partial charge on any atom is -0.377 e. The Morgan fingerprint density at radius 3 is 2.53 bits per heavy atom. The molecule has 4 nitrogen and oxygen atoms in total. The first kappa shape index (κ1) is 12.8. The molecule has 1 N–H and O–H groups in total. The van der Waals surface area contributed by atoms with Crippen LogP contribution in [0.4, 0.5) is 4.79 Å². The Bertz CT molecular complexity index is 447. The van der Waals surface area contributed by atoms with Gasteiger partial charge in [0, 0.05) is 11.6 Å². The van der Waals surface area contributed by atoms with E-state index in [0.717, 1.165) is 18.4 Å². The van der Waals surface area contributed by atoms with Crippen molar-refractivity contribution in [2.24, 2.45) is 0 Å². The standard InChI is InChI=1S/C14H17ClN2O2/c15-11-3-1-10(2-4-11)7-16-14(18)17-12-5-6-13(17)9-19-8-12/h1-4,12-13H,5-9H2,(H,16,18). The zero-order valence-electron chi connectivity index (χ0n) is 10.6. The van der Waals surface area contributed by atoms with Gasteiger partial charge in [-0.3, -0.25) is 0 Å². The number of halogens is 1. The van der Waals surface area contributed by atoms with Crippen LogP contribution in [0.1, 0.15) is 18.4 Å². The highest BCUT2D eigenvalue weighted by molar-refractivity contribution is 6.30. The van der Waals surface area contributed by atoms with Crippen LogP contribution in [0, 0.1) is 0 Å². The average molecular weight is 281 g/mol. The summed E-state index contributed by atoms with van der Waals surface area (Å²) in [7, 11) is 0. The highest BCUT2D eigenvalue weighted by atomic mass is 35.5. The summed E-state index contributed by atoms with van der Waals surface area (Å²) in [6.45, 7) is 1.88. The van der Waals surface area contributed by atoms with Gasteiger partial charge in [-0.1, -0.05) is 23.7 Å². The van der Waals surface area contributed by atoms with Crippen LogP contribution >= 0.6 is 11.6 Å². The summed E-state index contributed by atoms with van der Waals surface area (Å²) in [4.78, 5) is 14.2. The first-order valence-corrected chi connectivity index (χ1v) is 7.00. The quantitative estimate of drug-likeness (QED) is 0.904. The molecule has 2 heterocycles. The van der Waals surface area contributed by atoms with Crippen molar-refractivity contribution in [2.45, 2.75) is 31.5 Å². The van der Waals surface area contributed by atoms with E-state index in [0.29, 0.717) is 24.8 Å². The number of ether oxygens (including phenoxy) is 1. The molecule has 5 heteroatoms. The first-order valence-electron chi connectivity index (χ1n) is 6.62. The Morgan fingerprint density at radius 1 is 1.26 bits per heavy atom. The van der Waals surface area contributed by atoms with Gasteiger partial charge >= 0.3 is 6.03 Å². The Labute approximate surface area is 117 Å². The lowest BCUT2D eigenvalue weighted by Crippen LogP contribution is -2.52. The molecule has 2 fully saturated rings. The monoisotopic (exact) mass is 280 g/mol. The van der Waals surface area contributed by atoms with E-state index in [1.54, 1.807) is 0 Å². The molecule has 2 unspecified atom stereocenters. The number of morpholine rings is 1. The maximum atomic E-state index is 12.2. The van der Waals surface area contributed by atoms with Gasteiger partial charge in [-0.25, -0.2) is 4.79 Å². The Balaban J connectivity index is 1.58. The van der Waals surface area contributed by atoms with Crippen LogP contribution in [0.2, 0.25) is 5.02 Å². The first-order chi connectivity index (χ1) is 9.24. The molecular weight excluding hydrogens is 264 g/mol. The Morgan fingerprint density at radius 2 is 1.89 bits per heavy atom. The number of nitrogens with one attached hydrogen (secondary N) is 1. The molecule has 2 aliphatic heterocycles. The summed E-state index contributed by atoms with van der Waals surface area (Å²) >= 11 is 5.83. The van der Waals surface area contributed by atoms with Gasteiger partial charge in [-0.15, -0.1) is 0 Å². The highest BCUT2D eigenvalue weighted by Crippen LogP contribution is 2.28. The normalized spacial score (nSPS) is 25.4. The topological polar surface area (TPSA) is 41.6 Å². The highest BCUT2D eigenvalue weighted by Gasteiger charge is 2.40. The third-order valence-electron chi connectivity index (χ3n) is 3.83. The number of benzene rings is 1. The van der Waals surface area contributed by atoms with Gasteiger partial charge in [0.15, 0.2) is 0 Å². The molecule has 19 heavy (non-hydrogen) atoms. The molecule has 2 bridgehead atoms. The van der Waals surface area contributed by atoms with Crippen LogP contribution in [0.15, 0.2) is 24.3 Å². The average Bonchev–Trinajstić information content (AvgIpc) is 2.67. The minimum atomic E-state index is 0.0192. The van der Waals surface area contributed by atoms with Crippen molar-refractivity contribution >= 4 is 17.6 Å². The van der Waals surface area contributed by atoms with E-state index in [-0.39, 0.29) is 18.1 Å². The molecule has 1 aromatic carbocycles. The van der Waals surface area contributed by atoms with Crippen molar-refractivity contribution in [2.75, 3.05) is 13.2 Å². The SMILES string of the molecule is O=C(NCc1ccc(Cl)cc1)N1C2CCC1COC2. The fourth-order valence-electron chi connectivity index (χ4n) is 2.83. The number of nitrogens with zero attached hydrogens (tertiary/aromatic N) is 1. The summed E-state index contributed by atoms with van der Waals surface area (Å²) in [5.74, 6) is 0. The molecule has 102 valence electrons.